The van der Waals surface area contributed by atoms with Gasteiger partial charge in [-0.05, 0) is 26.0 Å². The number of aromatic hydroxyl groups is 1. The Morgan fingerprint density at radius 2 is 1.69 bits per heavy atom. The van der Waals surface area contributed by atoms with Crippen LogP contribution in [0.2, 0.25) is 0 Å². The standard InChI is InChI=1S/C7H8O.C5H9NO2/c1-6-2-4-7(8)5-3-6;1-4(7)3-6-5(2)8/h2-5,8H,1H3;3H2,1-2H3,(H,6,8). The Bertz CT molecular complexity index is 309. The Labute approximate surface area is 95.3 Å². The van der Waals surface area contributed by atoms with Crippen LogP contribution in [0.3, 0.4) is 0 Å². The fourth-order valence-electron chi connectivity index (χ4n) is 0.794. The molecule has 1 amide bonds. The molecule has 0 aliphatic carbocycles. The van der Waals surface area contributed by atoms with Crippen LogP contribution in [-0.2, 0) is 9.59 Å². The predicted molar refractivity (Wildman–Crippen MR) is 62.2 cm³/mol. The summed E-state index contributed by atoms with van der Waals surface area (Å²) in [5.41, 5.74) is 1.17. The molecule has 0 spiro atoms. The van der Waals surface area contributed by atoms with E-state index < -0.39 is 0 Å². The third kappa shape index (κ3) is 8.74. The van der Waals surface area contributed by atoms with Crippen molar-refractivity contribution in [1.29, 1.82) is 0 Å². The normalized spacial score (nSPS) is 8.69. The molecule has 2 N–H and O–H groups in total. The van der Waals surface area contributed by atoms with Gasteiger partial charge in [0.05, 0.1) is 6.54 Å². The number of phenolic OH excluding ortho intramolecular Hbond substituents is 1. The van der Waals surface area contributed by atoms with Crippen molar-refractivity contribution < 1.29 is 14.7 Å². The Hall–Kier alpha value is -1.84. The number of benzene rings is 1. The van der Waals surface area contributed by atoms with E-state index >= 15 is 0 Å². The van der Waals surface area contributed by atoms with Crippen molar-refractivity contribution in [3.8, 4) is 5.75 Å². The maximum absolute atomic E-state index is 10.1. The Morgan fingerprint density at radius 1 is 1.19 bits per heavy atom. The molecule has 0 heterocycles. The molecule has 0 aromatic heterocycles. The fourth-order valence-corrected chi connectivity index (χ4v) is 0.794. The minimum absolute atomic E-state index is 0.0276. The van der Waals surface area contributed by atoms with Crippen LogP contribution in [0.4, 0.5) is 0 Å². The van der Waals surface area contributed by atoms with Gasteiger partial charge >= 0.3 is 0 Å². The summed E-state index contributed by atoms with van der Waals surface area (Å²) in [6, 6.07) is 7.09. The highest BCUT2D eigenvalue weighted by Gasteiger charge is 1.91. The minimum atomic E-state index is -0.166. The number of phenols is 1. The molecule has 1 aromatic rings. The van der Waals surface area contributed by atoms with Crippen molar-refractivity contribution in [2.75, 3.05) is 6.54 Å². The SMILES string of the molecule is CC(=O)CNC(C)=O.Cc1ccc(O)cc1. The van der Waals surface area contributed by atoms with Crippen molar-refractivity contribution >= 4 is 11.7 Å². The van der Waals surface area contributed by atoms with Crippen molar-refractivity contribution in [2.24, 2.45) is 0 Å². The first-order valence-electron chi connectivity index (χ1n) is 4.91. The molecule has 88 valence electrons. The number of Topliss-reactive ketones (excluding diaryl/α,β-unsaturated/α-hetero) is 1. The van der Waals surface area contributed by atoms with Gasteiger partial charge in [-0.15, -0.1) is 0 Å². The molecule has 1 aromatic carbocycles. The lowest BCUT2D eigenvalue weighted by Crippen LogP contribution is -2.25. The summed E-state index contributed by atoms with van der Waals surface area (Å²) < 4.78 is 0. The van der Waals surface area contributed by atoms with Gasteiger partial charge in [0.2, 0.25) is 5.91 Å². The third-order valence-corrected chi connectivity index (χ3v) is 1.62. The van der Waals surface area contributed by atoms with Crippen LogP contribution < -0.4 is 5.32 Å². The molecule has 0 saturated carbocycles. The highest BCUT2D eigenvalue weighted by molar-refractivity contribution is 5.83. The molecule has 0 aliphatic rings. The molecule has 0 bridgehead atoms. The van der Waals surface area contributed by atoms with Crippen LogP contribution in [0, 0.1) is 6.92 Å². The highest BCUT2D eigenvalue weighted by atomic mass is 16.3. The van der Waals surface area contributed by atoms with Crippen LogP contribution in [-0.4, -0.2) is 23.3 Å². The maximum Gasteiger partial charge on any atom is 0.217 e. The number of aryl methyl sites for hydroxylation is 1. The first-order chi connectivity index (χ1) is 7.41. The van der Waals surface area contributed by atoms with Crippen LogP contribution in [0.25, 0.3) is 0 Å². The van der Waals surface area contributed by atoms with Gasteiger partial charge in [0.25, 0.3) is 0 Å². The van der Waals surface area contributed by atoms with E-state index in [2.05, 4.69) is 5.32 Å². The molecule has 0 atom stereocenters. The summed E-state index contributed by atoms with van der Waals surface area (Å²) in [6.45, 7) is 4.94. The second kappa shape index (κ2) is 7.45. The van der Waals surface area contributed by atoms with E-state index in [-0.39, 0.29) is 18.2 Å². The molecule has 0 saturated heterocycles. The van der Waals surface area contributed by atoms with Gasteiger partial charge in [0.1, 0.15) is 11.5 Å². The lowest BCUT2D eigenvalue weighted by molar-refractivity contribution is -0.123. The predicted octanol–water partition coefficient (Wildman–Crippen LogP) is 1.41. The van der Waals surface area contributed by atoms with Crippen LogP contribution in [0.15, 0.2) is 24.3 Å². The number of hydrogen-bond donors (Lipinski definition) is 2. The fraction of sp³-hybridized carbons (Fsp3) is 0.333. The maximum atomic E-state index is 10.1. The van der Waals surface area contributed by atoms with Crippen LogP contribution in [0.5, 0.6) is 5.75 Å². The second-order valence-electron chi connectivity index (χ2n) is 3.45. The quantitative estimate of drug-likeness (QED) is 0.796. The number of ketones is 1. The number of amides is 1. The smallest absolute Gasteiger partial charge is 0.217 e. The van der Waals surface area contributed by atoms with Crippen LogP contribution >= 0.6 is 0 Å². The van der Waals surface area contributed by atoms with Crippen LogP contribution in [0.1, 0.15) is 19.4 Å². The zero-order chi connectivity index (χ0) is 12.6. The summed E-state index contributed by atoms with van der Waals surface area (Å²) in [6.07, 6.45) is 0. The Morgan fingerprint density at radius 3 is 1.94 bits per heavy atom. The molecular weight excluding hydrogens is 206 g/mol. The zero-order valence-electron chi connectivity index (χ0n) is 9.78. The number of carbonyl (C=O) groups is 2. The van der Waals surface area contributed by atoms with E-state index in [4.69, 9.17) is 5.11 Å². The summed E-state index contributed by atoms with van der Waals surface area (Å²) in [4.78, 5) is 20.2. The largest absolute Gasteiger partial charge is 0.508 e. The minimum Gasteiger partial charge on any atom is -0.508 e. The first-order valence-corrected chi connectivity index (χ1v) is 4.91. The monoisotopic (exact) mass is 223 g/mol. The molecular formula is C12H17NO3. The van der Waals surface area contributed by atoms with E-state index in [0.29, 0.717) is 5.75 Å². The molecule has 0 radical (unpaired) electrons. The molecule has 16 heavy (non-hydrogen) atoms. The third-order valence-electron chi connectivity index (χ3n) is 1.62. The Kier molecular flexibility index (Phi) is 6.59. The molecule has 4 nitrogen and oxygen atoms in total. The molecule has 0 aliphatic heterocycles. The molecule has 1 rings (SSSR count). The molecule has 0 unspecified atom stereocenters. The van der Waals surface area contributed by atoms with Crippen molar-refractivity contribution in [3.05, 3.63) is 29.8 Å². The number of hydrogen-bond acceptors (Lipinski definition) is 3. The van der Waals surface area contributed by atoms with E-state index in [1.165, 1.54) is 19.4 Å². The second-order valence-corrected chi connectivity index (χ2v) is 3.45. The van der Waals surface area contributed by atoms with E-state index in [9.17, 15) is 9.59 Å². The van der Waals surface area contributed by atoms with Gasteiger partial charge in [-0.25, -0.2) is 0 Å². The number of carbonyl (C=O) groups excluding carboxylic acids is 2. The van der Waals surface area contributed by atoms with Gasteiger partial charge < -0.3 is 10.4 Å². The van der Waals surface area contributed by atoms with Gasteiger partial charge in [-0.3, -0.25) is 9.59 Å². The van der Waals surface area contributed by atoms with Gasteiger partial charge in [-0.2, -0.15) is 0 Å². The summed E-state index contributed by atoms with van der Waals surface area (Å²) >= 11 is 0. The average Bonchev–Trinajstić information content (AvgIpc) is 2.20. The van der Waals surface area contributed by atoms with Gasteiger partial charge in [0.15, 0.2) is 0 Å². The lowest BCUT2D eigenvalue weighted by Gasteiger charge is -1.93. The summed E-state index contributed by atoms with van der Waals surface area (Å²) in [5, 5.41) is 11.1. The van der Waals surface area contributed by atoms with Crippen molar-refractivity contribution in [3.63, 3.8) is 0 Å². The number of nitrogens with one attached hydrogen (secondary N) is 1. The molecule has 0 fully saturated rings. The van der Waals surface area contributed by atoms with Crippen molar-refractivity contribution in [1.82, 2.24) is 5.32 Å². The van der Waals surface area contributed by atoms with Crippen molar-refractivity contribution in [2.45, 2.75) is 20.8 Å². The summed E-state index contributed by atoms with van der Waals surface area (Å²) in [5.74, 6) is 0.135. The topological polar surface area (TPSA) is 66.4 Å². The van der Waals surface area contributed by atoms with E-state index in [1.807, 2.05) is 19.1 Å². The average molecular weight is 223 g/mol. The summed E-state index contributed by atoms with van der Waals surface area (Å²) in [7, 11) is 0. The van der Waals surface area contributed by atoms with Gasteiger partial charge in [-0.1, -0.05) is 17.7 Å². The number of rotatable bonds is 2. The lowest BCUT2D eigenvalue weighted by atomic mass is 10.2. The molecule has 4 heteroatoms. The van der Waals surface area contributed by atoms with Gasteiger partial charge in [0, 0.05) is 6.92 Å². The zero-order valence-corrected chi connectivity index (χ0v) is 9.78. The van der Waals surface area contributed by atoms with E-state index in [1.54, 1.807) is 12.1 Å². The first kappa shape index (κ1) is 14.2. The van der Waals surface area contributed by atoms with E-state index in [0.717, 1.165) is 0 Å². The highest BCUT2D eigenvalue weighted by Crippen LogP contribution is 2.07. The Balaban J connectivity index is 0.000000281.